The molecule has 2 aliphatic rings. The predicted molar refractivity (Wildman–Crippen MR) is 122 cm³/mol. The number of carbonyl (C=O) groups is 1. The predicted octanol–water partition coefficient (Wildman–Crippen LogP) is 3.38. The van der Waals surface area contributed by atoms with Crippen molar-refractivity contribution >= 4 is 28.1 Å². The van der Waals surface area contributed by atoms with Crippen LogP contribution in [0.4, 0.5) is 10.8 Å². The zero-order chi connectivity index (χ0) is 21.1. The number of carbonyl (C=O) groups excluding carboxylic acids is 1. The summed E-state index contributed by atoms with van der Waals surface area (Å²) in [6.45, 7) is 1.82. The van der Waals surface area contributed by atoms with Crippen molar-refractivity contribution < 1.29 is 9.90 Å². The first-order chi connectivity index (χ1) is 14.5. The number of amides is 1. The molecule has 0 bridgehead atoms. The molecule has 1 saturated heterocycles. The summed E-state index contributed by atoms with van der Waals surface area (Å²) in [4.78, 5) is 16.6. The van der Waals surface area contributed by atoms with Gasteiger partial charge in [0.05, 0.1) is 17.7 Å². The summed E-state index contributed by atoms with van der Waals surface area (Å²) in [5.41, 5.74) is 9.36. The average Bonchev–Trinajstić information content (AvgIpc) is 3.17. The first-order valence-electron chi connectivity index (χ1n) is 10.4. The third-order valence-corrected chi connectivity index (χ3v) is 6.51. The number of nitrogens with zero attached hydrogens (tertiary/aromatic N) is 1. The van der Waals surface area contributed by atoms with Crippen molar-refractivity contribution in [2.24, 2.45) is 0 Å². The van der Waals surface area contributed by atoms with Crippen molar-refractivity contribution in [1.82, 2.24) is 10.3 Å². The number of aliphatic hydroxyl groups is 1. The Morgan fingerprint density at radius 2 is 2.13 bits per heavy atom. The van der Waals surface area contributed by atoms with Crippen LogP contribution in [0.1, 0.15) is 43.4 Å². The molecule has 3 unspecified atom stereocenters. The number of nitrogen functional groups attached to an aromatic ring is 1. The summed E-state index contributed by atoms with van der Waals surface area (Å²) < 4.78 is 0. The summed E-state index contributed by atoms with van der Waals surface area (Å²) in [6.07, 6.45) is 9.81. The molecule has 1 fully saturated rings. The largest absolute Gasteiger partial charge is 0.387 e. The molecule has 158 valence electrons. The lowest BCUT2D eigenvalue weighted by Crippen LogP contribution is -2.59. The Labute approximate surface area is 180 Å². The van der Waals surface area contributed by atoms with E-state index in [9.17, 15) is 9.90 Å². The van der Waals surface area contributed by atoms with Gasteiger partial charge in [-0.3, -0.25) is 4.79 Å². The summed E-state index contributed by atoms with van der Waals surface area (Å²) in [6, 6.07) is 8.44. The maximum Gasteiger partial charge on any atom is 0.233 e. The number of hydrogen-bond acceptors (Lipinski definition) is 6. The highest BCUT2D eigenvalue weighted by Gasteiger charge is 2.34. The minimum absolute atomic E-state index is 0.100. The number of rotatable bonds is 7. The van der Waals surface area contributed by atoms with Crippen LogP contribution in [0.2, 0.25) is 0 Å². The Kier molecular flexibility index (Phi) is 6.32. The topological polar surface area (TPSA) is 100 Å². The number of aliphatic hydroxyl groups excluding tert-OH is 1. The number of thiazole rings is 1. The molecule has 5 N–H and O–H groups in total. The van der Waals surface area contributed by atoms with E-state index in [1.807, 2.05) is 42.6 Å². The van der Waals surface area contributed by atoms with E-state index in [-0.39, 0.29) is 17.9 Å². The smallest absolute Gasteiger partial charge is 0.233 e. The molecule has 1 aromatic heterocycles. The molecule has 30 heavy (non-hydrogen) atoms. The Bertz CT molecular complexity index is 944. The molecule has 1 aliphatic carbocycles. The number of benzene rings is 1. The van der Waals surface area contributed by atoms with Crippen LogP contribution in [0.5, 0.6) is 0 Å². The molecule has 1 aliphatic heterocycles. The SMILES string of the molecule is CC(C(=O)Nc1ccc(CC2C[C@H](C(O)C3=CCCC=C3)N2)cc1)c1csc(N)n1. The van der Waals surface area contributed by atoms with E-state index in [1.165, 1.54) is 16.9 Å². The second-order valence-electron chi connectivity index (χ2n) is 8.06. The number of anilines is 2. The second-order valence-corrected chi connectivity index (χ2v) is 8.95. The first-order valence-corrected chi connectivity index (χ1v) is 11.3. The van der Waals surface area contributed by atoms with Crippen LogP contribution in [-0.4, -0.2) is 34.2 Å². The average molecular weight is 425 g/mol. The Hall–Kier alpha value is -2.48. The van der Waals surface area contributed by atoms with E-state index in [1.54, 1.807) is 0 Å². The monoisotopic (exact) mass is 424 g/mol. The van der Waals surface area contributed by atoms with E-state index in [2.05, 4.69) is 27.8 Å². The van der Waals surface area contributed by atoms with Gasteiger partial charge in [-0.25, -0.2) is 4.98 Å². The summed E-state index contributed by atoms with van der Waals surface area (Å²) in [7, 11) is 0. The van der Waals surface area contributed by atoms with Crippen LogP contribution < -0.4 is 16.4 Å². The molecular formula is C23H28N4O2S. The Morgan fingerprint density at radius 3 is 2.77 bits per heavy atom. The van der Waals surface area contributed by atoms with Crippen LogP contribution in [0.3, 0.4) is 0 Å². The normalized spacial score (nSPS) is 22.7. The number of nitrogens with two attached hydrogens (primary N) is 1. The molecule has 2 aromatic rings. The highest BCUT2D eigenvalue weighted by molar-refractivity contribution is 7.13. The molecular weight excluding hydrogens is 396 g/mol. The summed E-state index contributed by atoms with van der Waals surface area (Å²) >= 11 is 1.34. The molecule has 0 spiro atoms. The highest BCUT2D eigenvalue weighted by atomic mass is 32.1. The highest BCUT2D eigenvalue weighted by Crippen LogP contribution is 2.26. The maximum absolute atomic E-state index is 12.4. The Balaban J connectivity index is 1.25. The lowest BCUT2D eigenvalue weighted by Gasteiger charge is -2.41. The molecule has 1 aromatic carbocycles. The van der Waals surface area contributed by atoms with Gasteiger partial charge in [0.25, 0.3) is 0 Å². The lowest BCUT2D eigenvalue weighted by molar-refractivity contribution is -0.117. The van der Waals surface area contributed by atoms with E-state index < -0.39 is 6.10 Å². The molecule has 6 nitrogen and oxygen atoms in total. The van der Waals surface area contributed by atoms with Gasteiger partial charge < -0.3 is 21.5 Å². The van der Waals surface area contributed by atoms with Gasteiger partial charge in [0.1, 0.15) is 0 Å². The number of nitrogens with one attached hydrogen (secondary N) is 2. The summed E-state index contributed by atoms with van der Waals surface area (Å²) in [5, 5.41) is 19.2. The maximum atomic E-state index is 12.4. The molecule has 2 heterocycles. The van der Waals surface area contributed by atoms with E-state index in [0.29, 0.717) is 16.9 Å². The van der Waals surface area contributed by atoms with Crippen LogP contribution in [0.25, 0.3) is 0 Å². The van der Waals surface area contributed by atoms with E-state index in [0.717, 1.165) is 36.9 Å². The van der Waals surface area contributed by atoms with Gasteiger partial charge in [-0.15, -0.1) is 11.3 Å². The fourth-order valence-corrected chi connectivity index (χ4v) is 4.58. The molecule has 4 atom stereocenters. The zero-order valence-electron chi connectivity index (χ0n) is 17.0. The molecule has 0 saturated carbocycles. The molecule has 7 heteroatoms. The van der Waals surface area contributed by atoms with Gasteiger partial charge >= 0.3 is 0 Å². The minimum Gasteiger partial charge on any atom is -0.387 e. The Morgan fingerprint density at radius 1 is 1.37 bits per heavy atom. The number of hydrogen-bond donors (Lipinski definition) is 4. The van der Waals surface area contributed by atoms with Gasteiger partial charge in [-0.2, -0.15) is 0 Å². The van der Waals surface area contributed by atoms with Crippen LogP contribution in [0, 0.1) is 0 Å². The van der Waals surface area contributed by atoms with Crippen LogP contribution in [-0.2, 0) is 11.2 Å². The third kappa shape index (κ3) is 4.80. The minimum atomic E-state index is -0.426. The van der Waals surface area contributed by atoms with Gasteiger partial charge in [-0.1, -0.05) is 30.4 Å². The molecule has 1 amide bonds. The van der Waals surface area contributed by atoms with Crippen molar-refractivity contribution in [2.45, 2.75) is 56.7 Å². The van der Waals surface area contributed by atoms with Crippen molar-refractivity contribution in [2.75, 3.05) is 11.1 Å². The van der Waals surface area contributed by atoms with Gasteiger partial charge in [0.15, 0.2) is 5.13 Å². The number of aromatic nitrogens is 1. The lowest BCUT2D eigenvalue weighted by atomic mass is 9.84. The van der Waals surface area contributed by atoms with Crippen molar-refractivity contribution in [3.8, 4) is 0 Å². The summed E-state index contributed by atoms with van der Waals surface area (Å²) in [5.74, 6) is -0.452. The first kappa shape index (κ1) is 20.8. The van der Waals surface area contributed by atoms with Crippen molar-refractivity contribution in [3.63, 3.8) is 0 Å². The van der Waals surface area contributed by atoms with Crippen LogP contribution >= 0.6 is 11.3 Å². The number of allylic oxidation sites excluding steroid dienone is 2. The van der Waals surface area contributed by atoms with E-state index >= 15 is 0 Å². The quantitative estimate of drug-likeness (QED) is 0.546. The van der Waals surface area contributed by atoms with Gasteiger partial charge in [-0.05, 0) is 55.9 Å². The standard InChI is InChI=1S/C23H28N4O2S/c1-14(20-13-30-23(24)27-20)22(29)26-17-9-7-15(8-10-17)11-18-12-19(25-18)21(28)16-5-3-2-4-6-16/h3,5-10,13-14,18-19,21,25,28H,2,4,11-12H2,1H3,(H2,24,27)(H,26,29)/t14?,18?,19-,21?/m1/s1. The fourth-order valence-electron chi connectivity index (χ4n) is 3.93. The molecule has 4 rings (SSSR count). The molecule has 0 radical (unpaired) electrons. The fraction of sp³-hybridized carbons (Fsp3) is 0.391. The van der Waals surface area contributed by atoms with Crippen LogP contribution in [0.15, 0.2) is 53.4 Å². The third-order valence-electron chi connectivity index (χ3n) is 5.81. The van der Waals surface area contributed by atoms with E-state index in [4.69, 9.17) is 5.73 Å². The van der Waals surface area contributed by atoms with Crippen molar-refractivity contribution in [1.29, 1.82) is 0 Å². The zero-order valence-corrected chi connectivity index (χ0v) is 17.9. The van der Waals surface area contributed by atoms with Gasteiger partial charge in [0.2, 0.25) is 5.91 Å². The van der Waals surface area contributed by atoms with Crippen molar-refractivity contribution in [3.05, 3.63) is 64.7 Å². The second kappa shape index (κ2) is 9.12. The van der Waals surface area contributed by atoms with Gasteiger partial charge in [0, 0.05) is 23.2 Å².